The standard InChI is InChI=1S/C24H12BrCl5N2O3/c1-9-5-6-12(8-13(9)26)31-20(10-3-2-4-11(25)7-10)21(24(31)35)32-22(33)14-15(23(32)34)17(28)19(30)18(29)16(14)27/h2-8,20-21H,1H3/t20-,21+/m1/s1. The number of β-lactam (4-membered cyclic amide) rings is 1. The van der Waals surface area contributed by atoms with Crippen molar-refractivity contribution in [2.75, 3.05) is 4.90 Å². The molecule has 3 amide bonds. The third-order valence-corrected chi connectivity index (χ3v) is 8.80. The summed E-state index contributed by atoms with van der Waals surface area (Å²) in [6.45, 7) is 1.85. The van der Waals surface area contributed by atoms with E-state index in [1.165, 1.54) is 4.90 Å². The molecule has 5 nitrogen and oxygen atoms in total. The van der Waals surface area contributed by atoms with Gasteiger partial charge in [-0.2, -0.15) is 0 Å². The van der Waals surface area contributed by atoms with Gasteiger partial charge >= 0.3 is 0 Å². The van der Waals surface area contributed by atoms with Gasteiger partial charge in [0.25, 0.3) is 17.7 Å². The third-order valence-electron chi connectivity index (χ3n) is 6.10. The van der Waals surface area contributed by atoms with Crippen molar-refractivity contribution in [3.63, 3.8) is 0 Å². The Labute approximate surface area is 233 Å². The summed E-state index contributed by atoms with van der Waals surface area (Å²) in [6, 6.07) is 10.6. The van der Waals surface area contributed by atoms with Gasteiger partial charge in [-0.3, -0.25) is 19.3 Å². The molecule has 2 aliphatic heterocycles. The van der Waals surface area contributed by atoms with Gasteiger partial charge in [0.2, 0.25) is 0 Å². The molecule has 11 heteroatoms. The number of halogens is 6. The normalized spacial score (nSPS) is 19.3. The number of fused-ring (bicyclic) bond motifs is 1. The first-order chi connectivity index (χ1) is 16.5. The van der Waals surface area contributed by atoms with Crippen LogP contribution in [0.5, 0.6) is 0 Å². The fourth-order valence-corrected chi connectivity index (χ4v) is 5.99. The number of nitrogens with zero attached hydrogens (tertiary/aromatic N) is 2. The highest BCUT2D eigenvalue weighted by molar-refractivity contribution is 9.10. The highest BCUT2D eigenvalue weighted by Crippen LogP contribution is 2.49. The first kappa shape index (κ1) is 24.9. The highest BCUT2D eigenvalue weighted by atomic mass is 79.9. The zero-order valence-corrected chi connectivity index (χ0v) is 22.9. The number of carbonyl (C=O) groups is 3. The van der Waals surface area contributed by atoms with E-state index in [1.807, 2.05) is 25.1 Å². The second-order valence-electron chi connectivity index (χ2n) is 8.07. The molecule has 0 bridgehead atoms. The van der Waals surface area contributed by atoms with Crippen LogP contribution in [-0.4, -0.2) is 28.7 Å². The molecule has 5 rings (SSSR count). The SMILES string of the molecule is Cc1ccc(N2C(=O)[C@@H](N3C(=O)c4c(Cl)c(Cl)c(Cl)c(Cl)c4C3=O)[C@H]2c2cccc(Br)c2)cc1Cl. The number of hydrogen-bond donors (Lipinski definition) is 0. The summed E-state index contributed by atoms with van der Waals surface area (Å²) in [6.07, 6.45) is 0. The van der Waals surface area contributed by atoms with Crippen LogP contribution in [-0.2, 0) is 4.79 Å². The Balaban J connectivity index is 1.65. The van der Waals surface area contributed by atoms with Gasteiger partial charge in [-0.25, -0.2) is 0 Å². The van der Waals surface area contributed by atoms with Gasteiger partial charge in [0.1, 0.15) is 6.04 Å². The number of anilines is 1. The van der Waals surface area contributed by atoms with E-state index in [4.69, 9.17) is 58.0 Å². The number of benzene rings is 3. The fourth-order valence-electron chi connectivity index (χ4n) is 4.39. The molecule has 0 unspecified atom stereocenters. The molecular weight excluding hydrogens is 621 g/mol. The zero-order chi connectivity index (χ0) is 25.3. The van der Waals surface area contributed by atoms with E-state index in [0.29, 0.717) is 16.3 Å². The van der Waals surface area contributed by atoms with Crippen LogP contribution >= 0.6 is 73.9 Å². The van der Waals surface area contributed by atoms with Crippen molar-refractivity contribution >= 4 is 97.3 Å². The van der Waals surface area contributed by atoms with Crippen molar-refractivity contribution in [1.82, 2.24) is 4.90 Å². The van der Waals surface area contributed by atoms with Crippen LogP contribution in [0.4, 0.5) is 5.69 Å². The number of rotatable bonds is 3. The van der Waals surface area contributed by atoms with Crippen molar-refractivity contribution in [2.24, 2.45) is 0 Å². The largest absolute Gasteiger partial charge is 0.300 e. The number of imide groups is 1. The highest BCUT2D eigenvalue weighted by Gasteiger charge is 2.58. The van der Waals surface area contributed by atoms with E-state index in [2.05, 4.69) is 15.9 Å². The monoisotopic (exact) mass is 630 g/mol. The topological polar surface area (TPSA) is 57.7 Å². The second kappa shape index (κ2) is 8.94. The molecule has 0 aliphatic carbocycles. The van der Waals surface area contributed by atoms with Crippen LogP contribution in [0.15, 0.2) is 46.9 Å². The van der Waals surface area contributed by atoms with Gasteiger partial charge in [-0.15, -0.1) is 0 Å². The number of hydrogen-bond acceptors (Lipinski definition) is 3. The average molecular weight is 634 g/mol. The molecule has 2 atom stereocenters. The number of amides is 3. The third kappa shape index (κ3) is 3.69. The predicted octanol–water partition coefficient (Wildman–Crippen LogP) is 7.78. The summed E-state index contributed by atoms with van der Waals surface area (Å²) in [5, 5.41) is -0.177. The Hall–Kier alpha value is -1.80. The van der Waals surface area contributed by atoms with Crippen molar-refractivity contribution < 1.29 is 14.4 Å². The fraction of sp³-hybridized carbons (Fsp3) is 0.125. The van der Waals surface area contributed by atoms with Gasteiger partial charge in [0, 0.05) is 15.2 Å². The number of carbonyl (C=O) groups excluding carboxylic acids is 3. The lowest BCUT2D eigenvalue weighted by Gasteiger charge is -2.49. The maximum absolute atomic E-state index is 13.6. The van der Waals surface area contributed by atoms with Crippen molar-refractivity contribution in [1.29, 1.82) is 0 Å². The van der Waals surface area contributed by atoms with Crippen LogP contribution in [0.1, 0.15) is 37.9 Å². The molecule has 35 heavy (non-hydrogen) atoms. The lowest BCUT2D eigenvalue weighted by molar-refractivity contribution is -0.130. The van der Waals surface area contributed by atoms with Gasteiger partial charge < -0.3 is 4.90 Å². The minimum absolute atomic E-state index is 0.139. The van der Waals surface area contributed by atoms with Gasteiger partial charge in [0.15, 0.2) is 0 Å². The molecule has 0 saturated carbocycles. The quantitative estimate of drug-likeness (QED) is 0.128. The average Bonchev–Trinajstić information content (AvgIpc) is 3.07. The lowest BCUT2D eigenvalue weighted by Crippen LogP contribution is -2.67. The van der Waals surface area contributed by atoms with Crippen LogP contribution < -0.4 is 4.90 Å². The Kier molecular flexibility index (Phi) is 6.36. The van der Waals surface area contributed by atoms with Crippen LogP contribution in [0.3, 0.4) is 0 Å². The second-order valence-corrected chi connectivity index (χ2v) is 10.9. The summed E-state index contributed by atoms with van der Waals surface area (Å²) < 4.78 is 0.766. The molecule has 3 aromatic carbocycles. The Morgan fingerprint density at radius 3 is 1.89 bits per heavy atom. The molecule has 0 spiro atoms. The van der Waals surface area contributed by atoms with E-state index >= 15 is 0 Å². The molecule has 3 aromatic rings. The van der Waals surface area contributed by atoms with Crippen molar-refractivity contribution in [3.8, 4) is 0 Å². The molecule has 2 heterocycles. The van der Waals surface area contributed by atoms with E-state index in [0.717, 1.165) is 14.9 Å². The molecular formula is C24H12BrCl5N2O3. The summed E-state index contributed by atoms with van der Waals surface area (Å²) in [4.78, 5) is 42.9. The molecule has 1 fully saturated rings. The molecule has 0 aromatic heterocycles. The molecule has 0 radical (unpaired) electrons. The molecule has 178 valence electrons. The predicted molar refractivity (Wildman–Crippen MR) is 141 cm³/mol. The lowest BCUT2D eigenvalue weighted by atomic mass is 9.86. The molecule has 1 saturated heterocycles. The van der Waals surface area contributed by atoms with Crippen LogP contribution in [0.2, 0.25) is 25.1 Å². The molecule has 0 N–H and O–H groups in total. The summed E-state index contributed by atoms with van der Waals surface area (Å²) in [7, 11) is 0. The van der Waals surface area contributed by atoms with E-state index in [-0.39, 0.29) is 31.2 Å². The van der Waals surface area contributed by atoms with Gasteiger partial charge in [-0.05, 0) is 42.3 Å². The van der Waals surface area contributed by atoms with Crippen LogP contribution in [0.25, 0.3) is 0 Å². The maximum Gasteiger partial charge on any atom is 0.264 e. The van der Waals surface area contributed by atoms with E-state index < -0.39 is 29.8 Å². The minimum Gasteiger partial charge on any atom is -0.300 e. The van der Waals surface area contributed by atoms with Crippen molar-refractivity contribution in [2.45, 2.75) is 19.0 Å². The minimum atomic E-state index is -1.15. The number of aryl methyl sites for hydroxylation is 1. The van der Waals surface area contributed by atoms with Crippen molar-refractivity contribution in [3.05, 3.63) is 94.3 Å². The van der Waals surface area contributed by atoms with E-state index in [1.54, 1.807) is 24.3 Å². The maximum atomic E-state index is 13.6. The summed E-state index contributed by atoms with van der Waals surface area (Å²) in [5.74, 6) is -2.00. The first-order valence-electron chi connectivity index (χ1n) is 10.1. The summed E-state index contributed by atoms with van der Waals surface area (Å²) >= 11 is 34.6. The summed E-state index contributed by atoms with van der Waals surface area (Å²) in [5.41, 5.74) is 1.73. The van der Waals surface area contributed by atoms with Gasteiger partial charge in [0.05, 0.1) is 37.3 Å². The molecule has 2 aliphatic rings. The zero-order valence-electron chi connectivity index (χ0n) is 17.6. The first-order valence-corrected chi connectivity index (χ1v) is 12.8. The smallest absolute Gasteiger partial charge is 0.264 e. The van der Waals surface area contributed by atoms with E-state index in [9.17, 15) is 14.4 Å². The Morgan fingerprint density at radius 1 is 0.743 bits per heavy atom. The Bertz CT molecular complexity index is 1430. The van der Waals surface area contributed by atoms with Gasteiger partial charge in [-0.1, -0.05) is 92.1 Å². The Morgan fingerprint density at radius 2 is 1.34 bits per heavy atom. The van der Waals surface area contributed by atoms with Crippen LogP contribution in [0, 0.1) is 6.92 Å².